The standard InChI is InChI=1S/C19H17F/c20-18-11-9-16(10-12-18)15-19(13-5-2-6-14-19)17-7-3-1-4-8-17/h1-13H,14-15H2. The highest BCUT2D eigenvalue weighted by molar-refractivity contribution is 5.38. The maximum Gasteiger partial charge on any atom is 0.123 e. The summed E-state index contributed by atoms with van der Waals surface area (Å²) in [6.07, 6.45) is 10.5. The van der Waals surface area contributed by atoms with Crippen LogP contribution in [0.15, 0.2) is 78.9 Å². The Morgan fingerprint density at radius 3 is 2.30 bits per heavy atom. The Bertz CT molecular complexity index is 623. The molecule has 0 saturated carbocycles. The van der Waals surface area contributed by atoms with E-state index in [1.165, 1.54) is 17.7 Å². The van der Waals surface area contributed by atoms with Crippen LogP contribution in [0, 0.1) is 5.82 Å². The predicted octanol–water partition coefficient (Wildman–Crippen LogP) is 4.82. The van der Waals surface area contributed by atoms with Crippen LogP contribution in [0.1, 0.15) is 17.5 Å². The first-order chi connectivity index (χ1) is 9.78. The molecule has 1 unspecified atom stereocenters. The quantitative estimate of drug-likeness (QED) is 0.745. The van der Waals surface area contributed by atoms with E-state index in [1.54, 1.807) is 0 Å². The molecule has 3 rings (SSSR count). The van der Waals surface area contributed by atoms with E-state index in [0.717, 1.165) is 18.4 Å². The van der Waals surface area contributed by atoms with Crippen LogP contribution in [0.4, 0.5) is 4.39 Å². The van der Waals surface area contributed by atoms with Crippen molar-refractivity contribution in [3.05, 3.63) is 95.8 Å². The molecule has 0 bridgehead atoms. The highest BCUT2D eigenvalue weighted by Crippen LogP contribution is 2.36. The van der Waals surface area contributed by atoms with E-state index in [4.69, 9.17) is 0 Å². The van der Waals surface area contributed by atoms with E-state index < -0.39 is 0 Å². The summed E-state index contributed by atoms with van der Waals surface area (Å²) in [4.78, 5) is 0. The van der Waals surface area contributed by atoms with E-state index in [0.29, 0.717) is 0 Å². The van der Waals surface area contributed by atoms with E-state index in [-0.39, 0.29) is 11.2 Å². The Kier molecular flexibility index (Phi) is 3.51. The number of allylic oxidation sites excluding steroid dienone is 4. The Labute approximate surface area is 119 Å². The van der Waals surface area contributed by atoms with Gasteiger partial charge in [-0.05, 0) is 36.1 Å². The summed E-state index contributed by atoms with van der Waals surface area (Å²) in [6.45, 7) is 0. The summed E-state index contributed by atoms with van der Waals surface area (Å²) in [5.41, 5.74) is 2.45. The van der Waals surface area contributed by atoms with Gasteiger partial charge in [-0.15, -0.1) is 0 Å². The molecule has 20 heavy (non-hydrogen) atoms. The van der Waals surface area contributed by atoms with E-state index >= 15 is 0 Å². The molecule has 0 fully saturated rings. The summed E-state index contributed by atoms with van der Waals surface area (Å²) in [5, 5.41) is 0. The summed E-state index contributed by atoms with van der Waals surface area (Å²) < 4.78 is 13.1. The molecular formula is C19H17F. The summed E-state index contributed by atoms with van der Waals surface area (Å²) in [6, 6.07) is 17.4. The highest BCUT2D eigenvalue weighted by Gasteiger charge is 2.29. The van der Waals surface area contributed by atoms with Gasteiger partial charge >= 0.3 is 0 Å². The Morgan fingerprint density at radius 2 is 1.65 bits per heavy atom. The smallest absolute Gasteiger partial charge is 0.123 e. The fraction of sp³-hybridized carbons (Fsp3) is 0.158. The first-order valence-corrected chi connectivity index (χ1v) is 6.93. The van der Waals surface area contributed by atoms with Crippen molar-refractivity contribution in [2.45, 2.75) is 18.3 Å². The molecule has 0 heterocycles. The van der Waals surface area contributed by atoms with Crippen molar-refractivity contribution in [3.8, 4) is 0 Å². The number of rotatable bonds is 3. The van der Waals surface area contributed by atoms with Gasteiger partial charge in [-0.1, -0.05) is 66.8 Å². The van der Waals surface area contributed by atoms with Gasteiger partial charge in [0.2, 0.25) is 0 Å². The van der Waals surface area contributed by atoms with Crippen molar-refractivity contribution in [2.75, 3.05) is 0 Å². The maximum atomic E-state index is 13.1. The van der Waals surface area contributed by atoms with Gasteiger partial charge < -0.3 is 0 Å². The Morgan fingerprint density at radius 1 is 0.900 bits per heavy atom. The van der Waals surface area contributed by atoms with Crippen molar-refractivity contribution >= 4 is 0 Å². The van der Waals surface area contributed by atoms with Crippen LogP contribution < -0.4 is 0 Å². The SMILES string of the molecule is Fc1ccc(CC2(c3ccccc3)C=CC=CC2)cc1. The van der Waals surface area contributed by atoms with Crippen LogP contribution >= 0.6 is 0 Å². The third kappa shape index (κ3) is 2.57. The lowest BCUT2D eigenvalue weighted by atomic mass is 9.71. The van der Waals surface area contributed by atoms with Gasteiger partial charge in [-0.3, -0.25) is 0 Å². The van der Waals surface area contributed by atoms with Crippen LogP contribution in [0.5, 0.6) is 0 Å². The second-order valence-electron chi connectivity index (χ2n) is 5.32. The minimum absolute atomic E-state index is 0.0200. The van der Waals surface area contributed by atoms with Crippen LogP contribution in [-0.4, -0.2) is 0 Å². The predicted molar refractivity (Wildman–Crippen MR) is 81.1 cm³/mol. The molecule has 0 saturated heterocycles. The lowest BCUT2D eigenvalue weighted by Crippen LogP contribution is -2.27. The first-order valence-electron chi connectivity index (χ1n) is 6.93. The average molecular weight is 264 g/mol. The van der Waals surface area contributed by atoms with Crippen LogP contribution in [-0.2, 0) is 11.8 Å². The molecule has 0 radical (unpaired) electrons. The van der Waals surface area contributed by atoms with Gasteiger partial charge in [-0.25, -0.2) is 4.39 Å². The molecule has 2 aromatic rings. The van der Waals surface area contributed by atoms with Gasteiger partial charge in [-0.2, -0.15) is 0 Å². The highest BCUT2D eigenvalue weighted by atomic mass is 19.1. The van der Waals surface area contributed by atoms with Gasteiger partial charge in [0.25, 0.3) is 0 Å². The molecule has 1 aliphatic carbocycles. The van der Waals surface area contributed by atoms with Gasteiger partial charge in [0.15, 0.2) is 0 Å². The molecule has 0 aromatic heterocycles. The largest absolute Gasteiger partial charge is 0.207 e. The topological polar surface area (TPSA) is 0 Å². The zero-order valence-electron chi connectivity index (χ0n) is 11.3. The van der Waals surface area contributed by atoms with Crippen molar-refractivity contribution in [2.24, 2.45) is 0 Å². The monoisotopic (exact) mass is 264 g/mol. The van der Waals surface area contributed by atoms with E-state index in [2.05, 4.69) is 48.6 Å². The zero-order chi connectivity index (χ0) is 13.8. The zero-order valence-corrected chi connectivity index (χ0v) is 11.3. The average Bonchev–Trinajstić information content (AvgIpc) is 2.52. The van der Waals surface area contributed by atoms with Gasteiger partial charge in [0, 0.05) is 5.41 Å². The number of halogens is 1. The fourth-order valence-corrected chi connectivity index (χ4v) is 2.85. The Hall–Kier alpha value is -2.15. The van der Waals surface area contributed by atoms with Crippen molar-refractivity contribution in [1.82, 2.24) is 0 Å². The van der Waals surface area contributed by atoms with Crippen LogP contribution in [0.25, 0.3) is 0 Å². The second-order valence-corrected chi connectivity index (χ2v) is 5.32. The van der Waals surface area contributed by atoms with Crippen molar-refractivity contribution < 1.29 is 4.39 Å². The van der Waals surface area contributed by atoms with Crippen LogP contribution in [0.2, 0.25) is 0 Å². The van der Waals surface area contributed by atoms with Gasteiger partial charge in [0.1, 0.15) is 5.82 Å². The van der Waals surface area contributed by atoms with Crippen molar-refractivity contribution in [3.63, 3.8) is 0 Å². The molecule has 1 heteroatoms. The Balaban J connectivity index is 1.97. The molecule has 0 N–H and O–H groups in total. The summed E-state index contributed by atoms with van der Waals surface area (Å²) in [7, 11) is 0. The van der Waals surface area contributed by atoms with Crippen LogP contribution in [0.3, 0.4) is 0 Å². The van der Waals surface area contributed by atoms with Gasteiger partial charge in [0.05, 0.1) is 0 Å². The third-order valence-electron chi connectivity index (χ3n) is 3.93. The maximum absolute atomic E-state index is 13.1. The lowest BCUT2D eigenvalue weighted by Gasteiger charge is -2.32. The molecule has 0 amide bonds. The van der Waals surface area contributed by atoms with E-state index in [1.807, 2.05) is 18.2 Å². The minimum atomic E-state index is -0.179. The number of hydrogen-bond donors (Lipinski definition) is 0. The molecule has 2 aromatic carbocycles. The molecule has 0 spiro atoms. The normalized spacial score (nSPS) is 21.1. The molecule has 0 nitrogen and oxygen atoms in total. The molecule has 1 aliphatic rings. The van der Waals surface area contributed by atoms with Crippen molar-refractivity contribution in [1.29, 1.82) is 0 Å². The number of benzene rings is 2. The minimum Gasteiger partial charge on any atom is -0.207 e. The molecule has 100 valence electrons. The molecule has 0 aliphatic heterocycles. The molecular weight excluding hydrogens is 247 g/mol. The fourth-order valence-electron chi connectivity index (χ4n) is 2.85. The lowest BCUT2D eigenvalue weighted by molar-refractivity contribution is 0.533. The second kappa shape index (κ2) is 5.46. The summed E-state index contributed by atoms with van der Waals surface area (Å²) >= 11 is 0. The first kappa shape index (κ1) is 12.9. The summed E-state index contributed by atoms with van der Waals surface area (Å²) in [5.74, 6) is -0.179. The van der Waals surface area contributed by atoms with E-state index in [9.17, 15) is 4.39 Å². The third-order valence-corrected chi connectivity index (χ3v) is 3.93. The number of hydrogen-bond acceptors (Lipinski definition) is 0. The molecule has 1 atom stereocenters.